The molecule has 0 saturated heterocycles. The number of hydrogen-bond acceptors (Lipinski definition) is 16. The molecule has 10 amide bonds. The summed E-state index contributed by atoms with van der Waals surface area (Å²) in [6.45, 7) is 14.7. The number of primary amides is 1. The van der Waals surface area contributed by atoms with E-state index in [0.29, 0.717) is 25.7 Å². The first-order valence-corrected chi connectivity index (χ1v) is 28.0. The lowest BCUT2D eigenvalue weighted by Crippen LogP contribution is -2.62. The quantitative estimate of drug-likeness (QED) is 0.0159. The van der Waals surface area contributed by atoms with Crippen molar-refractivity contribution >= 4 is 82.9 Å². The fraction of sp³-hybridized carbons (Fsp3) is 0.731. The van der Waals surface area contributed by atoms with Crippen molar-refractivity contribution in [2.75, 3.05) is 13.1 Å². The highest BCUT2D eigenvalue weighted by atomic mass is 16.4. The summed E-state index contributed by atoms with van der Waals surface area (Å²) in [5.74, 6) is -16.5. The number of nitrogens with two attached hydrogens (primary N) is 5. The van der Waals surface area contributed by atoms with Crippen LogP contribution in [0.3, 0.4) is 0 Å². The van der Waals surface area contributed by atoms with Crippen LogP contribution in [0.1, 0.15) is 146 Å². The van der Waals surface area contributed by atoms with Crippen molar-refractivity contribution in [2.45, 2.75) is 206 Å². The van der Waals surface area contributed by atoms with Crippen LogP contribution >= 0.6 is 0 Å². The maximum atomic E-state index is 14.3. The van der Waals surface area contributed by atoms with Crippen LogP contribution < -0.4 is 76.5 Å². The molecule has 0 spiro atoms. The summed E-state index contributed by atoms with van der Waals surface area (Å²) in [7, 11) is 0. The van der Waals surface area contributed by atoms with Crippen molar-refractivity contribution in [3.8, 4) is 0 Å². The van der Waals surface area contributed by atoms with Crippen LogP contribution in [0.5, 0.6) is 0 Å². The fourth-order valence-electron chi connectivity index (χ4n) is 8.01. The molecule has 0 aliphatic rings. The minimum absolute atomic E-state index is 0.0737. The molecule has 31 heteroatoms. The second-order valence-corrected chi connectivity index (χ2v) is 20.8. The summed E-state index contributed by atoms with van der Waals surface area (Å²) < 4.78 is 0. The smallest absolute Gasteiger partial charge is 0.326 e. The molecular formula is C52H93N15O16. The van der Waals surface area contributed by atoms with Crippen LogP contribution in [0.15, 0.2) is 4.99 Å². The molecule has 472 valence electrons. The van der Waals surface area contributed by atoms with Crippen molar-refractivity contribution in [3.63, 3.8) is 0 Å². The molecule has 14 unspecified atom stereocenters. The molecule has 83 heavy (non-hydrogen) atoms. The molecule has 0 heterocycles. The molecular weight excluding hydrogens is 1090 g/mol. The zero-order valence-corrected chi connectivity index (χ0v) is 49.2. The van der Waals surface area contributed by atoms with E-state index in [2.05, 4.69) is 52.8 Å². The second kappa shape index (κ2) is 38.9. The molecule has 0 radical (unpaired) electrons. The van der Waals surface area contributed by atoms with Gasteiger partial charge in [-0.25, -0.2) is 4.79 Å². The van der Waals surface area contributed by atoms with Gasteiger partial charge in [-0.3, -0.25) is 62.5 Å². The van der Waals surface area contributed by atoms with Gasteiger partial charge in [0.15, 0.2) is 5.96 Å². The summed E-state index contributed by atoms with van der Waals surface area (Å²) in [5.41, 5.74) is 27.7. The zero-order chi connectivity index (χ0) is 63.8. The van der Waals surface area contributed by atoms with Crippen molar-refractivity contribution in [3.05, 3.63) is 0 Å². The number of rotatable bonds is 42. The molecule has 0 aromatic carbocycles. The van der Waals surface area contributed by atoms with E-state index < -0.39 is 187 Å². The zero-order valence-electron chi connectivity index (χ0n) is 49.2. The highest BCUT2D eigenvalue weighted by Crippen LogP contribution is 2.16. The lowest BCUT2D eigenvalue weighted by atomic mass is 9.94. The van der Waals surface area contributed by atoms with Crippen LogP contribution in [0.25, 0.3) is 0 Å². The molecule has 22 N–H and O–H groups in total. The number of carbonyl (C=O) groups excluding carboxylic acids is 10. The number of carbonyl (C=O) groups is 13. The molecule has 14 atom stereocenters. The SMILES string of the molecule is CCC(C)C(NC(=O)C(CC(=O)O)NC(=O)C(CCCCN)NC(=O)C(NC(=O)C(NC(=O)C(CCC(=O)O)NC(=O)C(C)NC(=O)C(NC(=O)C(CC(N)=O)NC(=O)C(N)CCCN=C(N)N)C(C)CC)C(C)CC)C(C)CC)C(=O)O. The Hall–Kier alpha value is -7.70. The number of carboxylic acid groups (broad SMARTS) is 3. The Morgan fingerprint density at radius 3 is 1.25 bits per heavy atom. The van der Waals surface area contributed by atoms with Crippen LogP contribution in [0.2, 0.25) is 0 Å². The van der Waals surface area contributed by atoms with Gasteiger partial charge in [0.1, 0.15) is 54.4 Å². The van der Waals surface area contributed by atoms with Gasteiger partial charge in [-0.1, -0.05) is 81.1 Å². The number of nitrogens with one attached hydrogen (secondary N) is 9. The first-order chi connectivity index (χ1) is 38.8. The average molecular weight is 1180 g/mol. The molecule has 0 bridgehead atoms. The van der Waals surface area contributed by atoms with Crippen molar-refractivity contribution < 1.29 is 77.6 Å². The standard InChI is InChI=1S/C52H93N15O16/c1-10-25(5)38(65-46(77)33(23-35(55)68)62-43(74)30(54)17-16-22-58-52(56)57)48(79)59-29(9)42(73)60-32(19-20-36(69)70)45(76)64-40(27(7)12-3)50(81)66-39(26(6)11-2)49(80)61-31(18-14-15-21-53)44(75)63-34(24-37(71)72)47(78)67-41(51(82)83)28(8)13-4/h25-34,38-41H,10-24,53-54H2,1-9H3,(H2,55,68)(H,59,79)(H,60,73)(H,61,80)(H,62,74)(H,63,75)(H,64,76)(H,65,77)(H,66,81)(H,67,78)(H,69,70)(H,71,72)(H,82,83)(H4,56,57,58). The van der Waals surface area contributed by atoms with Crippen LogP contribution in [-0.2, 0) is 62.3 Å². The number of unbranched alkanes of at least 4 members (excludes halogenated alkanes) is 1. The average Bonchev–Trinajstić information content (AvgIpc) is 3.49. The lowest BCUT2D eigenvalue weighted by Gasteiger charge is -2.31. The largest absolute Gasteiger partial charge is 0.481 e. The van der Waals surface area contributed by atoms with E-state index in [9.17, 15) is 77.6 Å². The summed E-state index contributed by atoms with van der Waals surface area (Å²) in [6.07, 6.45) is -0.701. The Morgan fingerprint density at radius 1 is 0.422 bits per heavy atom. The maximum absolute atomic E-state index is 14.3. The van der Waals surface area contributed by atoms with E-state index in [1.165, 1.54) is 6.92 Å². The van der Waals surface area contributed by atoms with Gasteiger partial charge >= 0.3 is 17.9 Å². The molecule has 0 rings (SSSR count). The van der Waals surface area contributed by atoms with Crippen LogP contribution in [0, 0.1) is 23.7 Å². The third kappa shape index (κ3) is 28.2. The summed E-state index contributed by atoms with van der Waals surface area (Å²) >= 11 is 0. The van der Waals surface area contributed by atoms with E-state index >= 15 is 0 Å². The number of nitrogens with zero attached hydrogens (tertiary/aromatic N) is 1. The summed E-state index contributed by atoms with van der Waals surface area (Å²) in [6, 6.07) is -14.7. The molecule has 0 fully saturated rings. The van der Waals surface area contributed by atoms with Gasteiger partial charge in [0.2, 0.25) is 59.1 Å². The minimum Gasteiger partial charge on any atom is -0.481 e. The number of aliphatic imine (C=N–C) groups is 1. The van der Waals surface area contributed by atoms with Crippen molar-refractivity contribution in [1.82, 2.24) is 47.9 Å². The van der Waals surface area contributed by atoms with Gasteiger partial charge in [-0.05, 0) is 75.7 Å². The third-order valence-corrected chi connectivity index (χ3v) is 14.1. The van der Waals surface area contributed by atoms with E-state index in [-0.39, 0.29) is 51.2 Å². The van der Waals surface area contributed by atoms with Crippen LogP contribution in [0.4, 0.5) is 0 Å². The highest BCUT2D eigenvalue weighted by molar-refractivity contribution is 5.99. The van der Waals surface area contributed by atoms with E-state index in [4.69, 9.17) is 28.7 Å². The minimum atomic E-state index is -1.78. The third-order valence-electron chi connectivity index (χ3n) is 14.1. The van der Waals surface area contributed by atoms with E-state index in [1.807, 2.05) is 0 Å². The molecule has 0 aliphatic carbocycles. The number of carboxylic acids is 3. The molecule has 0 saturated carbocycles. The van der Waals surface area contributed by atoms with Crippen molar-refractivity contribution in [2.24, 2.45) is 57.3 Å². The monoisotopic (exact) mass is 1180 g/mol. The summed E-state index contributed by atoms with van der Waals surface area (Å²) in [5, 5.41) is 51.1. The molecule has 0 aliphatic heterocycles. The predicted octanol–water partition coefficient (Wildman–Crippen LogP) is -3.64. The first-order valence-electron chi connectivity index (χ1n) is 28.0. The lowest BCUT2D eigenvalue weighted by molar-refractivity contribution is -0.145. The number of aliphatic carboxylic acids is 3. The number of amides is 10. The Kier molecular flexibility index (Phi) is 35.3. The Bertz CT molecular complexity index is 2250. The Balaban J connectivity index is 6.69. The molecule has 0 aromatic heterocycles. The topological polar surface area (TPSA) is 533 Å². The van der Waals surface area contributed by atoms with Gasteiger partial charge < -0.3 is 91.8 Å². The summed E-state index contributed by atoms with van der Waals surface area (Å²) in [4.78, 5) is 175. The molecule has 31 nitrogen and oxygen atoms in total. The Morgan fingerprint density at radius 2 is 0.807 bits per heavy atom. The molecule has 0 aromatic rings. The number of hydrogen-bond donors (Lipinski definition) is 17. The van der Waals surface area contributed by atoms with Crippen molar-refractivity contribution in [1.29, 1.82) is 0 Å². The van der Waals surface area contributed by atoms with Gasteiger partial charge in [-0.15, -0.1) is 0 Å². The van der Waals surface area contributed by atoms with Gasteiger partial charge in [-0.2, -0.15) is 0 Å². The van der Waals surface area contributed by atoms with E-state index in [0.717, 1.165) is 0 Å². The first kappa shape index (κ1) is 75.3. The highest BCUT2D eigenvalue weighted by Gasteiger charge is 2.38. The predicted molar refractivity (Wildman–Crippen MR) is 302 cm³/mol. The van der Waals surface area contributed by atoms with Crippen LogP contribution in [-0.4, -0.2) is 172 Å². The van der Waals surface area contributed by atoms with E-state index in [1.54, 1.807) is 55.4 Å². The second-order valence-electron chi connectivity index (χ2n) is 20.8. The fourth-order valence-corrected chi connectivity index (χ4v) is 8.01. The van der Waals surface area contributed by atoms with Gasteiger partial charge in [0.25, 0.3) is 0 Å². The van der Waals surface area contributed by atoms with Gasteiger partial charge in [0.05, 0.1) is 18.9 Å². The Labute approximate surface area is 483 Å². The number of guanidine groups is 1. The van der Waals surface area contributed by atoms with Gasteiger partial charge in [0, 0.05) is 13.0 Å². The normalized spacial score (nSPS) is 16.1. The maximum Gasteiger partial charge on any atom is 0.326 e.